The van der Waals surface area contributed by atoms with Crippen LogP contribution >= 0.6 is 0 Å². The number of carboxylic acid groups (broad SMARTS) is 1. The molecule has 1 aliphatic rings. The van der Waals surface area contributed by atoms with E-state index < -0.39 is 11.4 Å². The number of carbonyl (C=O) groups is 3. The van der Waals surface area contributed by atoms with Gasteiger partial charge in [-0.1, -0.05) is 30.3 Å². The van der Waals surface area contributed by atoms with Crippen LogP contribution in [0.25, 0.3) is 0 Å². The molecule has 0 aromatic heterocycles. The van der Waals surface area contributed by atoms with Crippen molar-refractivity contribution < 1.29 is 19.5 Å². The maximum Gasteiger partial charge on any atom is 0.314 e. The Labute approximate surface area is 157 Å². The summed E-state index contributed by atoms with van der Waals surface area (Å²) in [7, 11) is 0. The molecule has 6 nitrogen and oxygen atoms in total. The SMILES string of the molecule is CC(=O)N1CCc2cc(NC(=O)C[C@@](C)(C(=O)O)c3ccccc3)ccc21. The molecule has 0 bridgehead atoms. The van der Waals surface area contributed by atoms with Gasteiger partial charge in [-0.2, -0.15) is 0 Å². The van der Waals surface area contributed by atoms with Crippen molar-refractivity contribution in [3.05, 3.63) is 59.7 Å². The maximum absolute atomic E-state index is 12.5. The van der Waals surface area contributed by atoms with E-state index in [1.165, 1.54) is 6.92 Å². The highest BCUT2D eigenvalue weighted by Crippen LogP contribution is 2.32. The summed E-state index contributed by atoms with van der Waals surface area (Å²) in [6.07, 6.45) is 0.554. The number of aliphatic carboxylic acids is 1. The van der Waals surface area contributed by atoms with Crippen molar-refractivity contribution in [2.75, 3.05) is 16.8 Å². The highest BCUT2D eigenvalue weighted by Gasteiger charge is 2.37. The van der Waals surface area contributed by atoms with Crippen molar-refractivity contribution in [2.24, 2.45) is 0 Å². The second-order valence-electron chi connectivity index (χ2n) is 6.99. The van der Waals surface area contributed by atoms with Gasteiger partial charge in [0.2, 0.25) is 11.8 Å². The highest BCUT2D eigenvalue weighted by molar-refractivity contribution is 5.98. The Morgan fingerprint density at radius 1 is 1.15 bits per heavy atom. The van der Waals surface area contributed by atoms with Crippen molar-refractivity contribution in [1.29, 1.82) is 0 Å². The third-order valence-corrected chi connectivity index (χ3v) is 5.04. The molecule has 3 rings (SSSR count). The van der Waals surface area contributed by atoms with Crippen molar-refractivity contribution in [3.63, 3.8) is 0 Å². The molecule has 1 atom stereocenters. The third-order valence-electron chi connectivity index (χ3n) is 5.04. The number of carboxylic acids is 1. The van der Waals surface area contributed by atoms with Crippen LogP contribution in [-0.4, -0.2) is 29.4 Å². The zero-order chi connectivity index (χ0) is 19.6. The predicted octanol–water partition coefficient (Wildman–Crippen LogP) is 2.97. The first-order valence-corrected chi connectivity index (χ1v) is 8.81. The average Bonchev–Trinajstić information content (AvgIpc) is 3.05. The first-order chi connectivity index (χ1) is 12.8. The van der Waals surface area contributed by atoms with Crippen LogP contribution in [0.4, 0.5) is 11.4 Å². The number of hydrogen-bond donors (Lipinski definition) is 2. The first kappa shape index (κ1) is 18.6. The summed E-state index contributed by atoms with van der Waals surface area (Å²) in [5, 5.41) is 12.5. The average molecular weight is 366 g/mol. The summed E-state index contributed by atoms with van der Waals surface area (Å²) in [4.78, 5) is 37.7. The number of fused-ring (bicyclic) bond motifs is 1. The van der Waals surface area contributed by atoms with Crippen molar-refractivity contribution >= 4 is 29.2 Å². The molecule has 0 saturated heterocycles. The Balaban J connectivity index is 1.76. The standard InChI is InChI=1S/C21H22N2O4/c1-14(24)23-11-10-15-12-17(8-9-18(15)23)22-19(25)13-21(2,20(26)27)16-6-4-3-5-7-16/h3-9,12H,10-11,13H2,1-2H3,(H,22,25)(H,26,27)/t21-/m1/s1. The van der Waals surface area contributed by atoms with E-state index in [2.05, 4.69) is 5.32 Å². The van der Waals surface area contributed by atoms with Crippen LogP contribution < -0.4 is 10.2 Å². The van der Waals surface area contributed by atoms with Crippen LogP contribution in [0.5, 0.6) is 0 Å². The van der Waals surface area contributed by atoms with E-state index in [1.54, 1.807) is 48.2 Å². The summed E-state index contributed by atoms with van der Waals surface area (Å²) >= 11 is 0. The lowest BCUT2D eigenvalue weighted by atomic mass is 9.79. The minimum atomic E-state index is -1.31. The lowest BCUT2D eigenvalue weighted by Gasteiger charge is -2.24. The molecule has 0 unspecified atom stereocenters. The molecule has 0 spiro atoms. The van der Waals surface area contributed by atoms with E-state index in [9.17, 15) is 19.5 Å². The van der Waals surface area contributed by atoms with Crippen LogP contribution in [0.15, 0.2) is 48.5 Å². The second kappa shape index (κ2) is 7.23. The third kappa shape index (κ3) is 3.69. The fraction of sp³-hybridized carbons (Fsp3) is 0.286. The largest absolute Gasteiger partial charge is 0.481 e. The number of rotatable bonds is 5. The molecule has 1 aliphatic heterocycles. The molecular weight excluding hydrogens is 344 g/mol. The van der Waals surface area contributed by atoms with Gasteiger partial charge in [0, 0.05) is 31.3 Å². The number of hydrogen-bond acceptors (Lipinski definition) is 3. The number of anilines is 2. The van der Waals surface area contributed by atoms with Crippen molar-refractivity contribution in [3.8, 4) is 0 Å². The van der Waals surface area contributed by atoms with E-state index in [1.807, 2.05) is 12.1 Å². The summed E-state index contributed by atoms with van der Waals surface area (Å²) in [5.74, 6) is -1.43. The predicted molar refractivity (Wildman–Crippen MR) is 103 cm³/mol. The summed E-state index contributed by atoms with van der Waals surface area (Å²) < 4.78 is 0. The number of nitrogens with one attached hydrogen (secondary N) is 1. The van der Waals surface area contributed by atoms with Crippen molar-refractivity contribution in [1.82, 2.24) is 0 Å². The Morgan fingerprint density at radius 3 is 2.48 bits per heavy atom. The molecule has 27 heavy (non-hydrogen) atoms. The van der Waals surface area contributed by atoms with E-state index in [4.69, 9.17) is 0 Å². The molecule has 6 heteroatoms. The molecule has 0 radical (unpaired) electrons. The number of amides is 2. The topological polar surface area (TPSA) is 86.7 Å². The molecular formula is C21H22N2O4. The van der Waals surface area contributed by atoms with Gasteiger partial charge < -0.3 is 15.3 Å². The van der Waals surface area contributed by atoms with E-state index >= 15 is 0 Å². The molecule has 1 heterocycles. The molecule has 2 aromatic rings. The first-order valence-electron chi connectivity index (χ1n) is 8.81. The van der Waals surface area contributed by atoms with E-state index in [0.29, 0.717) is 17.8 Å². The van der Waals surface area contributed by atoms with Gasteiger partial charge in [-0.15, -0.1) is 0 Å². The Hall–Kier alpha value is -3.15. The van der Waals surface area contributed by atoms with Gasteiger partial charge in [0.15, 0.2) is 0 Å². The number of benzene rings is 2. The molecule has 2 amide bonds. The number of carbonyl (C=O) groups excluding carboxylic acids is 2. The Kier molecular flexibility index (Phi) is 4.99. The van der Waals surface area contributed by atoms with Crippen LogP contribution in [0.3, 0.4) is 0 Å². The monoisotopic (exact) mass is 366 g/mol. The van der Waals surface area contributed by atoms with Gasteiger partial charge in [-0.05, 0) is 42.7 Å². The summed E-state index contributed by atoms with van der Waals surface area (Å²) in [6, 6.07) is 14.1. The van der Waals surface area contributed by atoms with Gasteiger partial charge in [0.1, 0.15) is 0 Å². The summed E-state index contributed by atoms with van der Waals surface area (Å²) in [5.41, 5.74) is 1.73. The fourth-order valence-corrected chi connectivity index (χ4v) is 3.44. The highest BCUT2D eigenvalue weighted by atomic mass is 16.4. The zero-order valence-corrected chi connectivity index (χ0v) is 15.4. The van der Waals surface area contributed by atoms with Gasteiger partial charge in [0.25, 0.3) is 0 Å². The Morgan fingerprint density at radius 2 is 1.85 bits per heavy atom. The van der Waals surface area contributed by atoms with Gasteiger partial charge in [-0.3, -0.25) is 14.4 Å². The lowest BCUT2D eigenvalue weighted by molar-refractivity contribution is -0.145. The van der Waals surface area contributed by atoms with Crippen molar-refractivity contribution in [2.45, 2.75) is 32.1 Å². The van der Waals surface area contributed by atoms with Gasteiger partial charge in [-0.25, -0.2) is 0 Å². The van der Waals surface area contributed by atoms with Crippen LogP contribution in [-0.2, 0) is 26.2 Å². The normalized spacial score (nSPS) is 15.0. The van der Waals surface area contributed by atoms with Crippen LogP contribution in [0, 0.1) is 0 Å². The summed E-state index contributed by atoms with van der Waals surface area (Å²) in [6.45, 7) is 3.71. The molecule has 2 N–H and O–H groups in total. The lowest BCUT2D eigenvalue weighted by Crippen LogP contribution is -2.36. The smallest absolute Gasteiger partial charge is 0.314 e. The molecule has 2 aromatic carbocycles. The fourth-order valence-electron chi connectivity index (χ4n) is 3.44. The van der Waals surface area contributed by atoms with E-state index in [-0.39, 0.29) is 18.2 Å². The quantitative estimate of drug-likeness (QED) is 0.852. The maximum atomic E-state index is 12.5. The minimum absolute atomic E-state index is 0.00868. The molecule has 0 aliphatic carbocycles. The van der Waals surface area contributed by atoms with Gasteiger partial charge >= 0.3 is 5.97 Å². The second-order valence-corrected chi connectivity index (χ2v) is 6.99. The Bertz CT molecular complexity index is 894. The minimum Gasteiger partial charge on any atom is -0.481 e. The van der Waals surface area contributed by atoms with Gasteiger partial charge in [0.05, 0.1) is 5.41 Å². The van der Waals surface area contributed by atoms with Crippen LogP contribution in [0.1, 0.15) is 31.4 Å². The van der Waals surface area contributed by atoms with E-state index in [0.717, 1.165) is 17.7 Å². The van der Waals surface area contributed by atoms with Crippen LogP contribution in [0.2, 0.25) is 0 Å². The zero-order valence-electron chi connectivity index (χ0n) is 15.4. The molecule has 0 saturated carbocycles. The molecule has 140 valence electrons. The molecule has 0 fully saturated rings. The number of nitrogens with zero attached hydrogens (tertiary/aromatic N) is 1.